The predicted octanol–water partition coefficient (Wildman–Crippen LogP) is 9.64. The topological polar surface area (TPSA) is 101 Å². The van der Waals surface area contributed by atoms with E-state index in [0.717, 1.165) is 50.5 Å². The van der Waals surface area contributed by atoms with Crippen molar-refractivity contribution in [3.63, 3.8) is 0 Å². The molecule has 9 heteroatoms. The van der Waals surface area contributed by atoms with Crippen LogP contribution >= 0.6 is 0 Å². The van der Waals surface area contributed by atoms with E-state index < -0.39 is 22.2 Å². The van der Waals surface area contributed by atoms with E-state index in [0.29, 0.717) is 72.5 Å². The van der Waals surface area contributed by atoms with E-state index in [4.69, 9.17) is 9.47 Å². The van der Waals surface area contributed by atoms with Gasteiger partial charge in [-0.1, -0.05) is 58.9 Å². The first kappa shape index (κ1) is 43.2. The Kier molecular flexibility index (Phi) is 11.7. The summed E-state index contributed by atoms with van der Waals surface area (Å²) >= 11 is 0. The maximum atomic E-state index is 12.8. The highest BCUT2D eigenvalue weighted by Crippen LogP contribution is 2.76. The first-order valence-corrected chi connectivity index (χ1v) is 24.7. The highest BCUT2D eigenvalue weighted by atomic mass is 32.2. The number of hydrogen-bond donors (Lipinski definition) is 2. The van der Waals surface area contributed by atoms with Crippen molar-refractivity contribution in [2.75, 3.05) is 51.4 Å². The maximum Gasteiger partial charge on any atom is 0.310 e. The van der Waals surface area contributed by atoms with Crippen LogP contribution < -0.4 is 14.8 Å². The van der Waals surface area contributed by atoms with Gasteiger partial charge in [-0.2, -0.15) is 0 Å². The summed E-state index contributed by atoms with van der Waals surface area (Å²) in [6, 6.07) is 3.52. The fourth-order valence-electron chi connectivity index (χ4n) is 15.6. The molecule has 2 heterocycles. The van der Waals surface area contributed by atoms with Crippen LogP contribution in [-0.4, -0.2) is 82.1 Å². The van der Waals surface area contributed by atoms with Crippen molar-refractivity contribution in [1.29, 1.82) is 0 Å². The number of fused-ring (bicyclic) bond motifs is 7. The van der Waals surface area contributed by atoms with Gasteiger partial charge in [-0.3, -0.25) is 9.00 Å². The number of aliphatic carboxylic acids is 1. The normalized spacial score (nSPS) is 40.7. The number of nitrogens with zero attached hydrogens (tertiary/aromatic N) is 2. The number of methoxy groups -OCH3 is 1. The lowest BCUT2D eigenvalue weighted by atomic mass is 9.33. The van der Waals surface area contributed by atoms with E-state index in [-0.39, 0.29) is 21.8 Å². The molecule has 4 saturated carbocycles. The number of carboxylic acids is 1. The summed E-state index contributed by atoms with van der Waals surface area (Å²) in [7, 11) is 0.983. The van der Waals surface area contributed by atoms with Crippen LogP contribution in [0.4, 0.5) is 0 Å². The second-order valence-corrected chi connectivity index (χ2v) is 23.3. The highest BCUT2D eigenvalue weighted by Gasteiger charge is 2.70. The molecule has 1 saturated heterocycles. The molecule has 0 aromatic carbocycles. The molecule has 1 aromatic heterocycles. The zero-order valence-corrected chi connectivity index (χ0v) is 38.3. The molecule has 0 bridgehead atoms. The molecular weight excluding hydrogens is 755 g/mol. The Morgan fingerprint density at radius 1 is 0.983 bits per heavy atom. The smallest absolute Gasteiger partial charge is 0.310 e. The minimum absolute atomic E-state index is 0.0216. The number of pyridine rings is 1. The van der Waals surface area contributed by atoms with Gasteiger partial charge < -0.3 is 24.8 Å². The molecule has 10 atom stereocenters. The molecule has 6 aliphatic carbocycles. The minimum atomic E-state index is -0.831. The highest BCUT2D eigenvalue weighted by molar-refractivity contribution is 7.85. The third-order valence-corrected chi connectivity index (χ3v) is 20.3. The first-order chi connectivity index (χ1) is 28.0. The van der Waals surface area contributed by atoms with E-state index in [1.54, 1.807) is 25.4 Å². The van der Waals surface area contributed by atoms with Gasteiger partial charge in [-0.15, -0.1) is 0 Å². The number of ether oxygens (including phenoxy) is 2. The van der Waals surface area contributed by atoms with E-state index in [1.807, 2.05) is 0 Å². The third-order valence-electron chi connectivity index (χ3n) is 19.0. The molecule has 0 spiro atoms. The van der Waals surface area contributed by atoms with E-state index in [2.05, 4.69) is 75.5 Å². The lowest BCUT2D eigenvalue weighted by molar-refractivity contribution is -0.221. The molecule has 1 aromatic rings. The summed E-state index contributed by atoms with van der Waals surface area (Å²) < 4.78 is 23.3. The summed E-state index contributed by atoms with van der Waals surface area (Å²) in [5, 5.41) is 14.8. The standard InChI is InChI=1S/C50H75N3O5S/c1-34(2)37-13-21-50(52-26-27-53-28-31-59(56)32-29-53)23-22-47(6)39(43(37)50)9-10-41-46(5)17-14-38(45(3,4)40(46)15-18-48(41,47)7)35-11-19-49(20-12-35,44(54)55)24-30-58-42-33-36(57-8)16-25-51-42/h11,14,16,25,33,37,39-41,43,52H,1,9-10,12-13,15,17-24,26-32H2,2-8H3,(H,54,55)/t37-,39+,40-,41+,43+,46-,47+,48+,49?,50-/m0/s1. The Morgan fingerprint density at radius 2 is 1.76 bits per heavy atom. The zero-order chi connectivity index (χ0) is 42.0. The second-order valence-electron chi connectivity index (χ2n) is 21.7. The van der Waals surface area contributed by atoms with Gasteiger partial charge in [0.15, 0.2) is 0 Å². The Hall–Kier alpha value is -2.49. The van der Waals surface area contributed by atoms with Crippen LogP contribution in [0.15, 0.2) is 53.8 Å². The van der Waals surface area contributed by atoms with E-state index in [9.17, 15) is 14.1 Å². The number of allylic oxidation sites excluding steroid dienone is 5. The van der Waals surface area contributed by atoms with Crippen molar-refractivity contribution in [2.24, 2.45) is 56.7 Å². The van der Waals surface area contributed by atoms with Gasteiger partial charge in [0.2, 0.25) is 5.88 Å². The average molecular weight is 830 g/mol. The molecule has 1 unspecified atom stereocenters. The minimum Gasteiger partial charge on any atom is -0.497 e. The SMILES string of the molecule is C=C(C)[C@@H]1CC[C@]2(NCCN3CCS(=O)CC3)CC[C@]3(C)[C@H](CC[C@@H]4[C@@]5(C)CC=C(C6=CCC(CCOc7cc(OC)ccn7)(C(=O)O)CC6)C(C)(C)[C@@H]5CC[C@]43C)[C@@H]12. The van der Waals surface area contributed by atoms with Gasteiger partial charge in [0.1, 0.15) is 5.75 Å². The van der Waals surface area contributed by atoms with E-state index in [1.165, 1.54) is 68.1 Å². The lowest BCUT2D eigenvalue weighted by Crippen LogP contribution is -2.68. The van der Waals surface area contributed by atoms with Crippen molar-refractivity contribution in [1.82, 2.24) is 15.2 Å². The lowest BCUT2D eigenvalue weighted by Gasteiger charge is -2.72. The molecule has 59 heavy (non-hydrogen) atoms. The summed E-state index contributed by atoms with van der Waals surface area (Å²) in [6.45, 7) is 24.5. The van der Waals surface area contributed by atoms with Crippen molar-refractivity contribution in [2.45, 2.75) is 131 Å². The van der Waals surface area contributed by atoms with Gasteiger partial charge in [0.05, 0.1) is 19.1 Å². The monoisotopic (exact) mass is 830 g/mol. The summed E-state index contributed by atoms with van der Waals surface area (Å²) in [4.78, 5) is 19.7. The summed E-state index contributed by atoms with van der Waals surface area (Å²) in [6.07, 6.45) is 20.4. The number of hydrogen-bond acceptors (Lipinski definition) is 7. The van der Waals surface area contributed by atoms with Crippen LogP contribution in [0, 0.1) is 56.7 Å². The van der Waals surface area contributed by atoms with Gasteiger partial charge in [0.25, 0.3) is 0 Å². The molecular formula is C50H75N3O5S. The van der Waals surface area contributed by atoms with Crippen molar-refractivity contribution in [3.05, 3.63) is 53.8 Å². The largest absolute Gasteiger partial charge is 0.497 e. The van der Waals surface area contributed by atoms with Crippen LogP contribution in [0.3, 0.4) is 0 Å². The summed E-state index contributed by atoms with van der Waals surface area (Å²) in [5.74, 6) is 5.28. The third kappa shape index (κ3) is 7.21. The first-order valence-electron chi connectivity index (χ1n) is 23.3. The number of carboxylic acid groups (broad SMARTS) is 1. The Bertz CT molecular complexity index is 1870. The van der Waals surface area contributed by atoms with E-state index >= 15 is 0 Å². The molecule has 0 amide bonds. The van der Waals surface area contributed by atoms with Gasteiger partial charge in [0, 0.05) is 66.3 Å². The van der Waals surface area contributed by atoms with Crippen LogP contribution in [0.5, 0.6) is 11.6 Å². The molecule has 1 aliphatic heterocycles. The van der Waals surface area contributed by atoms with Crippen molar-refractivity contribution in [3.8, 4) is 11.6 Å². The maximum absolute atomic E-state index is 12.8. The molecule has 2 N–H and O–H groups in total. The van der Waals surface area contributed by atoms with Crippen LogP contribution in [-0.2, 0) is 15.6 Å². The van der Waals surface area contributed by atoms with Crippen molar-refractivity contribution < 1.29 is 23.6 Å². The van der Waals surface area contributed by atoms with Crippen molar-refractivity contribution >= 4 is 16.8 Å². The van der Waals surface area contributed by atoms with Crippen LogP contribution in [0.2, 0.25) is 0 Å². The van der Waals surface area contributed by atoms with Gasteiger partial charge in [-0.25, -0.2) is 4.98 Å². The van der Waals surface area contributed by atoms with Gasteiger partial charge in [-0.05, 0) is 159 Å². The Labute approximate surface area is 358 Å². The molecule has 0 radical (unpaired) electrons. The molecule has 8 nitrogen and oxygen atoms in total. The summed E-state index contributed by atoms with van der Waals surface area (Å²) in [5.41, 5.74) is 4.47. The number of nitrogens with one attached hydrogen (secondary N) is 1. The number of carbonyl (C=O) groups is 1. The van der Waals surface area contributed by atoms with Crippen LogP contribution in [0.1, 0.15) is 125 Å². The Morgan fingerprint density at radius 3 is 2.46 bits per heavy atom. The fraction of sp³-hybridized carbons (Fsp3) is 0.760. The molecule has 8 rings (SSSR count). The fourth-order valence-corrected chi connectivity index (χ4v) is 16.7. The average Bonchev–Trinajstić information content (AvgIpc) is 3.59. The number of rotatable bonds is 12. The van der Waals surface area contributed by atoms with Gasteiger partial charge >= 0.3 is 5.97 Å². The molecule has 7 aliphatic rings. The van der Waals surface area contributed by atoms with Crippen LogP contribution in [0.25, 0.3) is 0 Å². The second kappa shape index (κ2) is 16.0. The molecule has 5 fully saturated rings. The predicted molar refractivity (Wildman–Crippen MR) is 238 cm³/mol. The zero-order valence-electron chi connectivity index (χ0n) is 37.5. The number of aromatic nitrogens is 1. The Balaban J connectivity index is 0.989. The molecule has 326 valence electrons. The quantitative estimate of drug-likeness (QED) is 0.201.